The number of carbonyl (C=O) groups is 3. The lowest BCUT2D eigenvalue weighted by Crippen LogP contribution is -2.08. The minimum atomic E-state index is -0.480. The van der Waals surface area contributed by atoms with Crippen LogP contribution in [-0.4, -0.2) is 37.7 Å². The van der Waals surface area contributed by atoms with Crippen LogP contribution in [0.3, 0.4) is 0 Å². The zero-order chi connectivity index (χ0) is 23.6. The fourth-order valence-electron chi connectivity index (χ4n) is 3.19. The summed E-state index contributed by atoms with van der Waals surface area (Å²) < 4.78 is 20.8. The average molecular weight is 450 g/mol. The maximum atomic E-state index is 12.4. The molecule has 1 aliphatic rings. The minimum Gasteiger partial charge on any atom is -0.494 e. The van der Waals surface area contributed by atoms with Crippen molar-refractivity contribution in [3.63, 3.8) is 0 Å². The number of hydrogen-bond donors (Lipinski definition) is 0. The number of rotatable bonds is 10. The molecule has 0 bridgehead atoms. The molecule has 0 amide bonds. The number of unbranched alkanes of at least 4 members (excludes halogenated alkanes) is 1. The van der Waals surface area contributed by atoms with Gasteiger partial charge in [0.2, 0.25) is 0 Å². The highest BCUT2D eigenvalue weighted by atomic mass is 16.6. The van der Waals surface area contributed by atoms with Gasteiger partial charge in [-0.3, -0.25) is 0 Å². The van der Waals surface area contributed by atoms with Crippen LogP contribution in [0.2, 0.25) is 0 Å². The Labute approximate surface area is 192 Å². The van der Waals surface area contributed by atoms with Crippen LogP contribution < -0.4 is 9.47 Å². The zero-order valence-electron chi connectivity index (χ0n) is 18.5. The van der Waals surface area contributed by atoms with Crippen LogP contribution in [-0.2, 0) is 19.1 Å². The predicted molar refractivity (Wildman–Crippen MR) is 122 cm³/mol. The molecule has 1 heterocycles. The third kappa shape index (κ3) is 7.35. The molecule has 0 N–H and O–H groups in total. The zero-order valence-corrected chi connectivity index (χ0v) is 18.5. The molecular formula is C26H26O7. The average Bonchev–Trinajstić information content (AvgIpc) is 3.15. The molecule has 1 atom stereocenters. The van der Waals surface area contributed by atoms with E-state index in [4.69, 9.17) is 14.2 Å². The van der Waals surface area contributed by atoms with Crippen molar-refractivity contribution in [1.82, 2.24) is 0 Å². The second-order valence-corrected chi connectivity index (χ2v) is 7.52. The van der Waals surface area contributed by atoms with Crippen molar-refractivity contribution in [2.75, 3.05) is 13.7 Å². The Morgan fingerprint density at radius 3 is 2.39 bits per heavy atom. The molecule has 0 aromatic heterocycles. The number of ether oxygens (including phenoxy) is 4. The van der Waals surface area contributed by atoms with E-state index in [2.05, 4.69) is 11.3 Å². The second-order valence-electron chi connectivity index (χ2n) is 7.52. The first-order chi connectivity index (χ1) is 15.9. The first-order valence-corrected chi connectivity index (χ1v) is 10.6. The maximum absolute atomic E-state index is 12.4. The van der Waals surface area contributed by atoms with E-state index in [0.717, 1.165) is 24.8 Å². The smallest absolute Gasteiger partial charge is 0.343 e. The van der Waals surface area contributed by atoms with Gasteiger partial charge < -0.3 is 18.9 Å². The Morgan fingerprint density at radius 1 is 1.06 bits per heavy atom. The van der Waals surface area contributed by atoms with Crippen molar-refractivity contribution in [1.29, 1.82) is 0 Å². The largest absolute Gasteiger partial charge is 0.494 e. The van der Waals surface area contributed by atoms with E-state index in [0.29, 0.717) is 35.7 Å². The molecule has 0 radical (unpaired) electrons. The van der Waals surface area contributed by atoms with Crippen molar-refractivity contribution in [3.05, 3.63) is 77.9 Å². The Balaban J connectivity index is 1.39. The van der Waals surface area contributed by atoms with Gasteiger partial charge in [-0.2, -0.15) is 0 Å². The third-order valence-corrected chi connectivity index (χ3v) is 5.02. The van der Waals surface area contributed by atoms with Gasteiger partial charge in [0.15, 0.2) is 0 Å². The van der Waals surface area contributed by atoms with E-state index in [1.807, 2.05) is 0 Å². The molecule has 172 valence electrons. The van der Waals surface area contributed by atoms with Crippen molar-refractivity contribution in [3.8, 4) is 11.5 Å². The molecule has 1 aliphatic heterocycles. The molecule has 1 unspecified atom stereocenters. The fourth-order valence-corrected chi connectivity index (χ4v) is 3.19. The summed E-state index contributed by atoms with van der Waals surface area (Å²) in [5, 5.41) is 0. The second kappa shape index (κ2) is 11.7. The van der Waals surface area contributed by atoms with Gasteiger partial charge in [-0.15, -0.1) is 0 Å². The van der Waals surface area contributed by atoms with Crippen LogP contribution in [0, 0.1) is 0 Å². The Hall–Kier alpha value is -3.87. The maximum Gasteiger partial charge on any atom is 0.343 e. The molecule has 0 saturated carbocycles. The molecule has 0 spiro atoms. The summed E-state index contributed by atoms with van der Waals surface area (Å²) in [4.78, 5) is 34.8. The Morgan fingerprint density at radius 2 is 1.76 bits per heavy atom. The molecule has 7 heteroatoms. The number of esters is 3. The summed E-state index contributed by atoms with van der Waals surface area (Å²) in [7, 11) is 1.31. The van der Waals surface area contributed by atoms with Gasteiger partial charge in [-0.25, -0.2) is 14.4 Å². The first kappa shape index (κ1) is 23.8. The van der Waals surface area contributed by atoms with Crippen LogP contribution in [0.25, 0.3) is 6.08 Å². The molecule has 1 fully saturated rings. The molecule has 1 saturated heterocycles. The molecule has 0 aliphatic carbocycles. The normalized spacial score (nSPS) is 15.4. The van der Waals surface area contributed by atoms with Gasteiger partial charge >= 0.3 is 17.9 Å². The summed E-state index contributed by atoms with van der Waals surface area (Å²) in [6.07, 6.45) is 5.96. The fraction of sp³-hybridized carbons (Fsp3) is 0.269. The van der Waals surface area contributed by atoms with Crippen LogP contribution in [0.15, 0.2) is 66.8 Å². The standard InChI is InChI=1S/C26H26O7/c1-18-17-23(33-25(18)28)5-3-4-16-31-21-13-9-20(10-14-21)26(29)32-22-11-6-19(7-12-22)8-15-24(27)30-2/h6-15,23H,1,3-5,16-17H2,2H3/b15-8+. The van der Waals surface area contributed by atoms with Crippen molar-refractivity contribution >= 4 is 24.0 Å². The number of benzene rings is 2. The molecule has 2 aromatic carbocycles. The summed E-state index contributed by atoms with van der Waals surface area (Å²) in [5.74, 6) is -0.159. The van der Waals surface area contributed by atoms with Crippen LogP contribution in [0.5, 0.6) is 11.5 Å². The summed E-state index contributed by atoms with van der Waals surface area (Å²) >= 11 is 0. The summed E-state index contributed by atoms with van der Waals surface area (Å²) in [6.45, 7) is 4.21. The topological polar surface area (TPSA) is 88.1 Å². The van der Waals surface area contributed by atoms with Crippen molar-refractivity contribution in [2.24, 2.45) is 0 Å². The number of hydrogen-bond acceptors (Lipinski definition) is 7. The highest BCUT2D eigenvalue weighted by molar-refractivity contribution is 5.91. The van der Waals surface area contributed by atoms with Crippen LogP contribution in [0.4, 0.5) is 0 Å². The van der Waals surface area contributed by atoms with Gasteiger partial charge in [0, 0.05) is 18.1 Å². The Kier molecular flexibility index (Phi) is 8.41. The first-order valence-electron chi connectivity index (χ1n) is 10.6. The monoisotopic (exact) mass is 450 g/mol. The lowest BCUT2D eigenvalue weighted by molar-refractivity contribution is -0.139. The van der Waals surface area contributed by atoms with E-state index in [1.54, 1.807) is 54.6 Å². The molecule has 3 rings (SSSR count). The van der Waals surface area contributed by atoms with Gasteiger partial charge in [0.1, 0.15) is 17.6 Å². The molecule has 2 aromatic rings. The Bertz CT molecular complexity index is 1000. The van der Waals surface area contributed by atoms with Crippen LogP contribution in [0.1, 0.15) is 41.6 Å². The predicted octanol–water partition coefficient (Wildman–Crippen LogP) is 4.51. The van der Waals surface area contributed by atoms with Gasteiger partial charge in [-0.05, 0) is 67.3 Å². The van der Waals surface area contributed by atoms with Crippen LogP contribution >= 0.6 is 0 Å². The number of cyclic esters (lactones) is 1. The molecule has 7 nitrogen and oxygen atoms in total. The third-order valence-electron chi connectivity index (χ3n) is 5.02. The van der Waals surface area contributed by atoms with E-state index < -0.39 is 11.9 Å². The van der Waals surface area contributed by atoms with Gasteiger partial charge in [0.05, 0.1) is 19.3 Å². The van der Waals surface area contributed by atoms with E-state index in [-0.39, 0.29) is 12.1 Å². The lowest BCUT2D eigenvalue weighted by Gasteiger charge is -2.10. The quantitative estimate of drug-likeness (QED) is 0.228. The SMILES string of the molecule is C=C1CC(CCCCOc2ccc(C(=O)Oc3ccc(/C=C/C(=O)OC)cc3)cc2)OC1=O. The van der Waals surface area contributed by atoms with Crippen molar-refractivity contribution in [2.45, 2.75) is 31.8 Å². The lowest BCUT2D eigenvalue weighted by atomic mass is 10.1. The van der Waals surface area contributed by atoms with Gasteiger partial charge in [0.25, 0.3) is 0 Å². The highest BCUT2D eigenvalue weighted by Gasteiger charge is 2.26. The van der Waals surface area contributed by atoms with E-state index in [9.17, 15) is 14.4 Å². The van der Waals surface area contributed by atoms with E-state index >= 15 is 0 Å². The number of methoxy groups -OCH3 is 1. The van der Waals surface area contributed by atoms with Crippen molar-refractivity contribution < 1.29 is 33.3 Å². The van der Waals surface area contributed by atoms with E-state index in [1.165, 1.54) is 13.2 Å². The summed E-state index contributed by atoms with van der Waals surface area (Å²) in [5.41, 5.74) is 1.72. The summed E-state index contributed by atoms with van der Waals surface area (Å²) in [6, 6.07) is 13.5. The molecular weight excluding hydrogens is 424 g/mol. The highest BCUT2D eigenvalue weighted by Crippen LogP contribution is 2.23. The molecule has 33 heavy (non-hydrogen) atoms. The minimum absolute atomic E-state index is 0.0668. The number of carbonyl (C=O) groups excluding carboxylic acids is 3. The van der Waals surface area contributed by atoms with Gasteiger partial charge in [-0.1, -0.05) is 18.7 Å².